The Bertz CT molecular complexity index is 1400. The molecule has 0 aliphatic heterocycles. The number of aryl methyl sites for hydroxylation is 1. The number of thiophene rings is 1. The molecular formula is C28H26N2O5S. The van der Waals surface area contributed by atoms with Crippen molar-refractivity contribution in [2.75, 3.05) is 6.61 Å². The van der Waals surface area contributed by atoms with Crippen molar-refractivity contribution in [1.82, 2.24) is 5.32 Å². The third-order valence-corrected chi connectivity index (χ3v) is 7.18. The minimum atomic E-state index is -0.368. The second kappa shape index (κ2) is 10.8. The first-order chi connectivity index (χ1) is 17.6. The molecule has 1 aliphatic carbocycles. The maximum absolute atomic E-state index is 13.1. The van der Waals surface area contributed by atoms with Gasteiger partial charge in [0.2, 0.25) is 0 Å². The fraction of sp³-hybridized carbons (Fsp3) is 0.250. The van der Waals surface area contributed by atoms with Gasteiger partial charge in [-0.15, -0.1) is 11.3 Å². The van der Waals surface area contributed by atoms with Gasteiger partial charge in [-0.2, -0.15) is 0 Å². The highest BCUT2D eigenvalue weighted by Crippen LogP contribution is 2.40. The SMILES string of the molecule is CCOC(=O)c1cccc(-c2ccc(C=Nc3sc4c(c3C(=O)NCc3ccco3)CCCC4)o2)c1. The number of ether oxygens (including phenoxy) is 1. The van der Waals surface area contributed by atoms with Gasteiger partial charge in [-0.3, -0.25) is 4.79 Å². The molecule has 0 unspecified atom stereocenters. The number of carbonyl (C=O) groups is 2. The van der Waals surface area contributed by atoms with Crippen molar-refractivity contribution in [3.05, 3.63) is 87.9 Å². The van der Waals surface area contributed by atoms with Crippen LogP contribution in [0.4, 0.5) is 5.00 Å². The zero-order chi connectivity index (χ0) is 24.9. The summed E-state index contributed by atoms with van der Waals surface area (Å²) in [6.07, 6.45) is 7.27. The summed E-state index contributed by atoms with van der Waals surface area (Å²) in [5, 5.41) is 3.65. The van der Waals surface area contributed by atoms with Gasteiger partial charge in [-0.1, -0.05) is 12.1 Å². The maximum Gasteiger partial charge on any atom is 0.338 e. The third kappa shape index (κ3) is 5.18. The van der Waals surface area contributed by atoms with Crippen LogP contribution in [-0.4, -0.2) is 24.7 Å². The molecule has 1 amide bonds. The number of rotatable bonds is 8. The summed E-state index contributed by atoms with van der Waals surface area (Å²) >= 11 is 1.57. The Morgan fingerprint density at radius 2 is 2.03 bits per heavy atom. The maximum atomic E-state index is 13.1. The number of amides is 1. The average molecular weight is 503 g/mol. The molecule has 8 heteroatoms. The van der Waals surface area contributed by atoms with Crippen molar-refractivity contribution in [2.24, 2.45) is 4.99 Å². The smallest absolute Gasteiger partial charge is 0.338 e. The number of carbonyl (C=O) groups excluding carboxylic acids is 2. The van der Waals surface area contributed by atoms with Gasteiger partial charge in [0, 0.05) is 10.4 Å². The quantitative estimate of drug-likeness (QED) is 0.224. The number of aliphatic imine (C=N–C) groups is 1. The first-order valence-corrected chi connectivity index (χ1v) is 12.8. The number of fused-ring (bicyclic) bond motifs is 1. The van der Waals surface area contributed by atoms with Crippen molar-refractivity contribution in [2.45, 2.75) is 39.2 Å². The summed E-state index contributed by atoms with van der Waals surface area (Å²) in [5.74, 6) is 1.36. The van der Waals surface area contributed by atoms with E-state index in [1.54, 1.807) is 55.0 Å². The molecular weight excluding hydrogens is 476 g/mol. The van der Waals surface area contributed by atoms with Crippen molar-refractivity contribution in [1.29, 1.82) is 0 Å². The molecule has 36 heavy (non-hydrogen) atoms. The Labute approximate surface area is 212 Å². The Kier molecular flexibility index (Phi) is 7.13. The Balaban J connectivity index is 1.37. The van der Waals surface area contributed by atoms with Crippen LogP contribution < -0.4 is 5.32 Å². The van der Waals surface area contributed by atoms with Crippen molar-refractivity contribution < 1.29 is 23.2 Å². The van der Waals surface area contributed by atoms with Crippen LogP contribution in [0.15, 0.2) is 68.6 Å². The molecule has 0 saturated heterocycles. The van der Waals surface area contributed by atoms with E-state index < -0.39 is 0 Å². The standard InChI is InChI=1S/C28H26N2O5S/c1-2-33-28(32)19-8-5-7-18(15-19)23-13-12-21(35-23)17-30-27-25(22-10-3-4-11-24(22)36-27)26(31)29-16-20-9-6-14-34-20/h5-9,12-15,17H,2-4,10-11,16H2,1H3,(H,29,31). The lowest BCUT2D eigenvalue weighted by Gasteiger charge is -2.12. The zero-order valence-corrected chi connectivity index (χ0v) is 20.7. The fourth-order valence-electron chi connectivity index (χ4n) is 4.26. The van der Waals surface area contributed by atoms with E-state index >= 15 is 0 Å². The molecule has 1 aliphatic rings. The van der Waals surface area contributed by atoms with E-state index in [-0.39, 0.29) is 11.9 Å². The number of nitrogens with one attached hydrogen (secondary N) is 1. The Morgan fingerprint density at radius 1 is 1.14 bits per heavy atom. The van der Waals surface area contributed by atoms with E-state index in [4.69, 9.17) is 13.6 Å². The topological polar surface area (TPSA) is 94.0 Å². The van der Waals surface area contributed by atoms with E-state index in [0.29, 0.717) is 46.6 Å². The predicted molar refractivity (Wildman–Crippen MR) is 138 cm³/mol. The lowest BCUT2D eigenvalue weighted by molar-refractivity contribution is 0.0526. The number of esters is 1. The van der Waals surface area contributed by atoms with Gasteiger partial charge in [0.1, 0.15) is 22.3 Å². The molecule has 0 radical (unpaired) electrons. The summed E-state index contributed by atoms with van der Waals surface area (Å²) in [5.41, 5.74) is 2.98. The average Bonchev–Trinajstić information content (AvgIpc) is 3.66. The molecule has 0 bridgehead atoms. The van der Waals surface area contributed by atoms with Crippen LogP contribution in [-0.2, 0) is 24.1 Å². The molecule has 3 heterocycles. The van der Waals surface area contributed by atoms with E-state index in [1.807, 2.05) is 24.3 Å². The van der Waals surface area contributed by atoms with Gasteiger partial charge in [0.25, 0.3) is 5.91 Å². The monoisotopic (exact) mass is 502 g/mol. The summed E-state index contributed by atoms with van der Waals surface area (Å²) in [7, 11) is 0. The van der Waals surface area contributed by atoms with Gasteiger partial charge >= 0.3 is 5.97 Å². The van der Waals surface area contributed by atoms with Gasteiger partial charge in [0.05, 0.1) is 36.8 Å². The van der Waals surface area contributed by atoms with Crippen LogP contribution in [0.25, 0.3) is 11.3 Å². The molecule has 0 fully saturated rings. The minimum absolute atomic E-state index is 0.145. The number of furan rings is 2. The molecule has 0 atom stereocenters. The molecule has 1 aromatic carbocycles. The van der Waals surface area contributed by atoms with Crippen LogP contribution in [0, 0.1) is 0 Å². The molecule has 0 saturated carbocycles. The molecule has 5 rings (SSSR count). The van der Waals surface area contributed by atoms with Gasteiger partial charge in [-0.05, 0) is 74.6 Å². The van der Waals surface area contributed by atoms with Gasteiger partial charge in [-0.25, -0.2) is 9.79 Å². The van der Waals surface area contributed by atoms with Crippen molar-refractivity contribution in [3.63, 3.8) is 0 Å². The zero-order valence-electron chi connectivity index (χ0n) is 19.9. The summed E-state index contributed by atoms with van der Waals surface area (Å²) < 4.78 is 16.4. The lowest BCUT2D eigenvalue weighted by Crippen LogP contribution is -2.23. The van der Waals surface area contributed by atoms with E-state index in [9.17, 15) is 9.59 Å². The predicted octanol–water partition coefficient (Wildman–Crippen LogP) is 6.34. The van der Waals surface area contributed by atoms with Crippen LogP contribution >= 0.6 is 11.3 Å². The van der Waals surface area contributed by atoms with E-state index in [0.717, 1.165) is 36.8 Å². The number of benzene rings is 1. The van der Waals surface area contributed by atoms with Crippen LogP contribution in [0.5, 0.6) is 0 Å². The molecule has 1 N–H and O–H groups in total. The third-order valence-electron chi connectivity index (χ3n) is 5.98. The Morgan fingerprint density at radius 3 is 2.86 bits per heavy atom. The highest BCUT2D eigenvalue weighted by atomic mass is 32.1. The van der Waals surface area contributed by atoms with Gasteiger partial charge in [0.15, 0.2) is 0 Å². The summed E-state index contributed by atoms with van der Waals surface area (Å²) in [6, 6.07) is 14.4. The minimum Gasteiger partial charge on any atom is -0.467 e. The molecule has 184 valence electrons. The van der Waals surface area contributed by atoms with Crippen molar-refractivity contribution >= 4 is 34.4 Å². The molecule has 0 spiro atoms. The summed E-state index contributed by atoms with van der Waals surface area (Å²) in [4.78, 5) is 31.1. The first-order valence-electron chi connectivity index (χ1n) is 12.0. The van der Waals surface area contributed by atoms with Crippen LogP contribution in [0.1, 0.15) is 62.4 Å². The van der Waals surface area contributed by atoms with Crippen LogP contribution in [0.2, 0.25) is 0 Å². The molecule has 7 nitrogen and oxygen atoms in total. The fourth-order valence-corrected chi connectivity index (χ4v) is 5.49. The second-order valence-electron chi connectivity index (χ2n) is 8.41. The van der Waals surface area contributed by atoms with Gasteiger partial charge < -0.3 is 18.9 Å². The highest BCUT2D eigenvalue weighted by Gasteiger charge is 2.25. The van der Waals surface area contributed by atoms with E-state index in [1.165, 1.54) is 4.88 Å². The number of nitrogens with zero attached hydrogens (tertiary/aromatic N) is 1. The molecule has 4 aromatic rings. The van der Waals surface area contributed by atoms with Crippen LogP contribution in [0.3, 0.4) is 0 Å². The largest absolute Gasteiger partial charge is 0.467 e. The van der Waals surface area contributed by atoms with E-state index in [2.05, 4.69) is 10.3 Å². The van der Waals surface area contributed by atoms with Crippen molar-refractivity contribution in [3.8, 4) is 11.3 Å². The normalized spacial score (nSPS) is 13.0. The second-order valence-corrected chi connectivity index (χ2v) is 9.50. The first kappa shape index (κ1) is 23.8. The highest BCUT2D eigenvalue weighted by molar-refractivity contribution is 7.16. The number of hydrogen-bond acceptors (Lipinski definition) is 7. The number of hydrogen-bond donors (Lipinski definition) is 1. The molecule has 3 aromatic heterocycles. The lowest BCUT2D eigenvalue weighted by atomic mass is 9.95. The Hall–Kier alpha value is -3.91. The summed E-state index contributed by atoms with van der Waals surface area (Å²) in [6.45, 7) is 2.42.